The number of anilines is 1. The van der Waals surface area contributed by atoms with Gasteiger partial charge in [-0.05, 0) is 48.7 Å². The molecule has 7 heteroatoms. The fourth-order valence-electron chi connectivity index (χ4n) is 3.30. The number of aromatic nitrogens is 1. The molecule has 0 radical (unpaired) electrons. The molecule has 5 nitrogen and oxygen atoms in total. The van der Waals surface area contributed by atoms with Crippen molar-refractivity contribution in [2.45, 2.75) is 17.7 Å². The van der Waals surface area contributed by atoms with E-state index >= 15 is 0 Å². The number of sulfonamides is 1. The standard InChI is InChI=1S/C19H17ClN2O3S/c1-25-9-3-4-12-6-7-17-14(10-12)15-11-16(20)13-5-2-8-21-18(13)19(15)22-26(17,23)24/h2,5-8,10-11,22H,3-4,9H2,1H3. The van der Waals surface area contributed by atoms with Gasteiger partial charge in [0.2, 0.25) is 0 Å². The van der Waals surface area contributed by atoms with Crippen molar-refractivity contribution < 1.29 is 13.2 Å². The Labute approximate surface area is 157 Å². The molecule has 134 valence electrons. The molecule has 0 atom stereocenters. The number of halogens is 1. The van der Waals surface area contributed by atoms with E-state index < -0.39 is 10.0 Å². The first-order chi connectivity index (χ1) is 12.5. The SMILES string of the molecule is COCCCc1ccc2c(c1)-c1cc(Cl)c3cccnc3c1NS2(=O)=O. The third-order valence-electron chi connectivity index (χ3n) is 4.52. The van der Waals surface area contributed by atoms with Crippen LogP contribution >= 0.6 is 11.6 Å². The number of nitrogens with zero attached hydrogens (tertiary/aromatic N) is 1. The molecule has 2 aromatic carbocycles. The predicted molar refractivity (Wildman–Crippen MR) is 103 cm³/mol. The number of aryl methyl sites for hydroxylation is 1. The molecule has 0 aliphatic carbocycles. The van der Waals surface area contributed by atoms with Crippen LogP contribution in [-0.4, -0.2) is 27.1 Å². The molecule has 0 fully saturated rings. The van der Waals surface area contributed by atoms with Crippen LogP contribution < -0.4 is 4.72 Å². The van der Waals surface area contributed by atoms with Gasteiger partial charge in [0.05, 0.1) is 21.1 Å². The van der Waals surface area contributed by atoms with Crippen LogP contribution in [0.4, 0.5) is 5.69 Å². The van der Waals surface area contributed by atoms with Crippen LogP contribution in [0.3, 0.4) is 0 Å². The van der Waals surface area contributed by atoms with Crippen molar-refractivity contribution in [1.29, 1.82) is 0 Å². The number of pyridine rings is 1. The van der Waals surface area contributed by atoms with Gasteiger partial charge in [-0.1, -0.05) is 17.7 Å². The lowest BCUT2D eigenvalue weighted by Crippen LogP contribution is -2.19. The molecule has 1 aliphatic rings. The van der Waals surface area contributed by atoms with Gasteiger partial charge in [0.25, 0.3) is 10.0 Å². The number of ether oxygens (including phenoxy) is 1. The molecular formula is C19H17ClN2O3S. The maximum absolute atomic E-state index is 12.7. The Morgan fingerprint density at radius 2 is 2.04 bits per heavy atom. The van der Waals surface area contributed by atoms with E-state index in [1.807, 2.05) is 18.2 Å². The molecule has 2 heterocycles. The van der Waals surface area contributed by atoms with Gasteiger partial charge >= 0.3 is 0 Å². The minimum Gasteiger partial charge on any atom is -0.385 e. The molecule has 0 saturated carbocycles. The number of hydrogen-bond acceptors (Lipinski definition) is 4. The Kier molecular flexibility index (Phi) is 4.34. The molecule has 0 bridgehead atoms. The van der Waals surface area contributed by atoms with Crippen LogP contribution in [0.15, 0.2) is 47.5 Å². The summed E-state index contributed by atoms with van der Waals surface area (Å²) in [5, 5.41) is 1.26. The molecule has 1 aromatic heterocycles. The molecule has 3 aromatic rings. The lowest BCUT2D eigenvalue weighted by molar-refractivity contribution is 0.195. The third-order valence-corrected chi connectivity index (χ3v) is 6.24. The lowest BCUT2D eigenvalue weighted by atomic mass is 9.97. The fraction of sp³-hybridized carbons (Fsp3) is 0.211. The van der Waals surface area contributed by atoms with Crippen molar-refractivity contribution >= 4 is 38.2 Å². The van der Waals surface area contributed by atoms with Crippen LogP contribution in [0.1, 0.15) is 12.0 Å². The van der Waals surface area contributed by atoms with Crippen molar-refractivity contribution in [1.82, 2.24) is 4.98 Å². The van der Waals surface area contributed by atoms with Crippen molar-refractivity contribution in [3.63, 3.8) is 0 Å². The Bertz CT molecular complexity index is 1110. The molecule has 1 N–H and O–H groups in total. The third kappa shape index (κ3) is 2.84. The second-order valence-electron chi connectivity index (χ2n) is 6.21. The molecule has 26 heavy (non-hydrogen) atoms. The summed E-state index contributed by atoms with van der Waals surface area (Å²) in [6, 6.07) is 10.8. The summed E-state index contributed by atoms with van der Waals surface area (Å²) >= 11 is 6.44. The summed E-state index contributed by atoms with van der Waals surface area (Å²) in [4.78, 5) is 4.61. The molecular weight excluding hydrogens is 372 g/mol. The van der Waals surface area contributed by atoms with E-state index in [9.17, 15) is 8.42 Å². The smallest absolute Gasteiger partial charge is 0.262 e. The minimum atomic E-state index is -3.66. The van der Waals surface area contributed by atoms with Crippen LogP contribution in [0.2, 0.25) is 5.02 Å². The highest BCUT2D eigenvalue weighted by atomic mass is 35.5. The van der Waals surface area contributed by atoms with E-state index in [-0.39, 0.29) is 4.90 Å². The molecule has 4 rings (SSSR count). The van der Waals surface area contributed by atoms with Gasteiger partial charge in [0, 0.05) is 36.4 Å². The predicted octanol–water partition coefficient (Wildman–Crippen LogP) is 4.25. The Hall–Kier alpha value is -2.15. The first-order valence-electron chi connectivity index (χ1n) is 8.23. The Morgan fingerprint density at radius 3 is 2.85 bits per heavy atom. The molecule has 0 saturated heterocycles. The summed E-state index contributed by atoms with van der Waals surface area (Å²) in [7, 11) is -1.99. The number of methoxy groups -OCH3 is 1. The van der Waals surface area contributed by atoms with Gasteiger partial charge in [-0.15, -0.1) is 0 Å². The second-order valence-corrected chi connectivity index (χ2v) is 8.27. The number of benzene rings is 2. The van der Waals surface area contributed by atoms with Gasteiger partial charge < -0.3 is 4.74 Å². The van der Waals surface area contributed by atoms with Crippen molar-refractivity contribution in [2.75, 3.05) is 18.4 Å². The summed E-state index contributed by atoms with van der Waals surface area (Å²) in [5.74, 6) is 0. The number of rotatable bonds is 4. The van der Waals surface area contributed by atoms with E-state index in [4.69, 9.17) is 16.3 Å². The minimum absolute atomic E-state index is 0.256. The quantitative estimate of drug-likeness (QED) is 0.678. The van der Waals surface area contributed by atoms with Gasteiger partial charge in [-0.2, -0.15) is 0 Å². The summed E-state index contributed by atoms with van der Waals surface area (Å²) in [6.45, 7) is 0.661. The first kappa shape index (κ1) is 17.3. The highest BCUT2D eigenvalue weighted by Crippen LogP contribution is 2.45. The van der Waals surface area contributed by atoms with Crippen LogP contribution in [-0.2, 0) is 21.2 Å². The zero-order valence-corrected chi connectivity index (χ0v) is 15.7. The van der Waals surface area contributed by atoms with Crippen LogP contribution in [0.5, 0.6) is 0 Å². The monoisotopic (exact) mass is 388 g/mol. The van der Waals surface area contributed by atoms with E-state index in [0.717, 1.165) is 29.4 Å². The average Bonchev–Trinajstić information content (AvgIpc) is 2.63. The summed E-state index contributed by atoms with van der Waals surface area (Å²) in [5.41, 5.74) is 3.49. The van der Waals surface area contributed by atoms with Crippen LogP contribution in [0, 0.1) is 0 Å². The van der Waals surface area contributed by atoms with Crippen molar-refractivity contribution in [3.8, 4) is 11.1 Å². The maximum Gasteiger partial charge on any atom is 0.262 e. The van der Waals surface area contributed by atoms with Gasteiger partial charge in [-0.3, -0.25) is 9.71 Å². The Morgan fingerprint density at radius 1 is 1.19 bits per heavy atom. The average molecular weight is 389 g/mol. The number of nitrogens with one attached hydrogen (secondary N) is 1. The number of fused-ring (bicyclic) bond motifs is 5. The topological polar surface area (TPSA) is 68.3 Å². The van der Waals surface area contributed by atoms with Gasteiger partial charge in [0.15, 0.2) is 0 Å². The van der Waals surface area contributed by atoms with Crippen LogP contribution in [0.25, 0.3) is 22.0 Å². The molecule has 1 aliphatic heterocycles. The zero-order valence-electron chi connectivity index (χ0n) is 14.1. The fourth-order valence-corrected chi connectivity index (χ4v) is 4.86. The summed E-state index contributed by atoms with van der Waals surface area (Å²) in [6.07, 6.45) is 3.31. The highest BCUT2D eigenvalue weighted by molar-refractivity contribution is 7.93. The maximum atomic E-state index is 12.7. The number of hydrogen-bond donors (Lipinski definition) is 1. The summed E-state index contributed by atoms with van der Waals surface area (Å²) < 4.78 is 33.3. The highest BCUT2D eigenvalue weighted by Gasteiger charge is 2.30. The lowest BCUT2D eigenvalue weighted by Gasteiger charge is -2.23. The molecule has 0 unspecified atom stereocenters. The van der Waals surface area contributed by atoms with Crippen molar-refractivity contribution in [3.05, 3.63) is 53.2 Å². The molecule has 0 spiro atoms. The van der Waals surface area contributed by atoms with E-state index in [2.05, 4.69) is 9.71 Å². The van der Waals surface area contributed by atoms with E-state index in [1.165, 1.54) is 0 Å². The van der Waals surface area contributed by atoms with E-state index in [1.54, 1.807) is 31.5 Å². The van der Waals surface area contributed by atoms with Gasteiger partial charge in [-0.25, -0.2) is 8.42 Å². The molecule has 0 amide bonds. The Balaban J connectivity index is 1.94. The largest absolute Gasteiger partial charge is 0.385 e. The van der Waals surface area contributed by atoms with E-state index in [0.29, 0.717) is 28.4 Å². The second kappa shape index (κ2) is 6.54. The van der Waals surface area contributed by atoms with Gasteiger partial charge in [0.1, 0.15) is 0 Å². The normalized spacial score (nSPS) is 14.5. The zero-order chi connectivity index (χ0) is 18.3. The first-order valence-corrected chi connectivity index (χ1v) is 10.1. The van der Waals surface area contributed by atoms with Crippen molar-refractivity contribution in [2.24, 2.45) is 0 Å².